The molecule has 7 heteroatoms. The van der Waals surface area contributed by atoms with E-state index >= 15 is 0 Å². The third-order valence-corrected chi connectivity index (χ3v) is 3.46. The Morgan fingerprint density at radius 1 is 1.37 bits per heavy atom. The van der Waals surface area contributed by atoms with Crippen molar-refractivity contribution in [2.24, 2.45) is 0 Å². The Labute approximate surface area is 117 Å². The molecule has 0 bridgehead atoms. The molecule has 0 saturated carbocycles. The maximum atomic E-state index is 11.0. The normalized spacial score (nSPS) is 9.89. The van der Waals surface area contributed by atoms with Gasteiger partial charge in [0.1, 0.15) is 11.1 Å². The summed E-state index contributed by atoms with van der Waals surface area (Å²) in [5, 5.41) is 18.5. The van der Waals surface area contributed by atoms with Crippen molar-refractivity contribution in [3.05, 3.63) is 46.9 Å². The number of nitriles is 1. The molecule has 0 aliphatic heterocycles. The summed E-state index contributed by atoms with van der Waals surface area (Å²) in [5.41, 5.74) is 0.202. The summed E-state index contributed by atoms with van der Waals surface area (Å²) in [6, 6.07) is 6.52. The summed E-state index contributed by atoms with van der Waals surface area (Å²) in [6.07, 6.45) is 2.89. The second-order valence-electron chi connectivity index (χ2n) is 3.37. The molecule has 0 radical (unpaired) electrons. The molecule has 0 saturated heterocycles. The van der Waals surface area contributed by atoms with Gasteiger partial charge in [0.05, 0.1) is 10.6 Å². The molecule has 0 fully saturated rings. The van der Waals surface area contributed by atoms with E-state index in [2.05, 4.69) is 9.97 Å². The number of carboxylic acid groups (broad SMARTS) is 1. The van der Waals surface area contributed by atoms with Crippen LogP contribution in [0.25, 0.3) is 0 Å². The minimum absolute atomic E-state index is 0.00839. The van der Waals surface area contributed by atoms with Crippen molar-refractivity contribution in [3.8, 4) is 6.07 Å². The highest BCUT2D eigenvalue weighted by atomic mass is 35.5. The minimum Gasteiger partial charge on any atom is -0.478 e. The lowest BCUT2D eigenvalue weighted by atomic mass is 10.2. The van der Waals surface area contributed by atoms with Crippen LogP contribution in [0.3, 0.4) is 0 Å². The van der Waals surface area contributed by atoms with Gasteiger partial charge in [-0.1, -0.05) is 23.4 Å². The van der Waals surface area contributed by atoms with Crippen LogP contribution in [0.5, 0.6) is 0 Å². The van der Waals surface area contributed by atoms with E-state index in [-0.39, 0.29) is 16.3 Å². The molecule has 0 amide bonds. The smallest absolute Gasteiger partial charge is 0.337 e. The Kier molecular flexibility index (Phi) is 4.00. The fraction of sp³-hybridized carbons (Fsp3) is 0. The number of halogens is 1. The van der Waals surface area contributed by atoms with E-state index < -0.39 is 5.97 Å². The van der Waals surface area contributed by atoms with Crippen LogP contribution in [-0.4, -0.2) is 21.0 Å². The van der Waals surface area contributed by atoms with Crippen LogP contribution in [0.1, 0.15) is 16.1 Å². The topological polar surface area (TPSA) is 86.9 Å². The first-order valence-corrected chi connectivity index (χ1v) is 6.23. The molecule has 2 aromatic rings. The second-order valence-corrected chi connectivity index (χ2v) is 4.84. The zero-order valence-corrected chi connectivity index (χ0v) is 10.9. The molecule has 1 heterocycles. The van der Waals surface area contributed by atoms with Crippen molar-refractivity contribution in [2.75, 3.05) is 0 Å². The molecule has 1 aromatic heterocycles. The largest absolute Gasteiger partial charge is 0.478 e. The van der Waals surface area contributed by atoms with Gasteiger partial charge < -0.3 is 5.11 Å². The molecule has 19 heavy (non-hydrogen) atoms. The van der Waals surface area contributed by atoms with E-state index in [9.17, 15) is 4.79 Å². The first-order valence-electron chi connectivity index (χ1n) is 5.03. The lowest BCUT2D eigenvalue weighted by Crippen LogP contribution is -1.97. The fourth-order valence-electron chi connectivity index (χ4n) is 1.32. The number of carbonyl (C=O) groups is 1. The molecule has 0 atom stereocenters. The number of carboxylic acids is 1. The van der Waals surface area contributed by atoms with E-state index in [0.717, 1.165) is 11.8 Å². The molecule has 0 aliphatic carbocycles. The number of aromatic carboxylic acids is 1. The van der Waals surface area contributed by atoms with Crippen LogP contribution >= 0.6 is 23.4 Å². The lowest BCUT2D eigenvalue weighted by molar-refractivity contribution is 0.0697. The van der Waals surface area contributed by atoms with Crippen molar-refractivity contribution in [2.45, 2.75) is 9.92 Å². The average Bonchev–Trinajstić information content (AvgIpc) is 2.41. The SMILES string of the molecule is N#Cc1nccnc1Sc1ccc(Cl)c(C(=O)O)c1. The quantitative estimate of drug-likeness (QED) is 0.935. The molecular weight excluding hydrogens is 286 g/mol. The van der Waals surface area contributed by atoms with Gasteiger partial charge in [-0.3, -0.25) is 0 Å². The van der Waals surface area contributed by atoms with Crippen LogP contribution in [-0.2, 0) is 0 Å². The minimum atomic E-state index is -1.10. The summed E-state index contributed by atoms with van der Waals surface area (Å²) < 4.78 is 0. The van der Waals surface area contributed by atoms with E-state index in [4.69, 9.17) is 22.0 Å². The van der Waals surface area contributed by atoms with E-state index in [1.807, 2.05) is 6.07 Å². The zero-order chi connectivity index (χ0) is 13.8. The first kappa shape index (κ1) is 13.3. The summed E-state index contributed by atoms with van der Waals surface area (Å²) in [5.74, 6) is -1.10. The van der Waals surface area contributed by atoms with Crippen LogP contribution in [0, 0.1) is 11.3 Å². The van der Waals surface area contributed by atoms with Crippen molar-refractivity contribution in [3.63, 3.8) is 0 Å². The van der Waals surface area contributed by atoms with Crippen LogP contribution < -0.4 is 0 Å². The van der Waals surface area contributed by atoms with Gasteiger partial charge >= 0.3 is 5.97 Å². The summed E-state index contributed by atoms with van der Waals surface area (Å²) in [6.45, 7) is 0. The predicted octanol–water partition coefficient (Wildman–Crippen LogP) is 2.85. The monoisotopic (exact) mass is 291 g/mol. The summed E-state index contributed by atoms with van der Waals surface area (Å²) in [7, 11) is 0. The molecule has 5 nitrogen and oxygen atoms in total. The molecule has 94 valence electrons. The number of nitrogens with zero attached hydrogens (tertiary/aromatic N) is 3. The summed E-state index contributed by atoms with van der Waals surface area (Å²) >= 11 is 6.94. The van der Waals surface area contributed by atoms with Crippen molar-refractivity contribution in [1.82, 2.24) is 9.97 Å². The highest BCUT2D eigenvalue weighted by Crippen LogP contribution is 2.30. The molecule has 0 spiro atoms. The molecule has 0 aliphatic rings. The van der Waals surface area contributed by atoms with Gasteiger partial charge in [0.25, 0.3) is 0 Å². The maximum Gasteiger partial charge on any atom is 0.337 e. The Balaban J connectivity index is 2.37. The zero-order valence-electron chi connectivity index (χ0n) is 9.37. The number of benzene rings is 1. The number of hydrogen-bond acceptors (Lipinski definition) is 5. The van der Waals surface area contributed by atoms with Gasteiger partial charge in [-0.25, -0.2) is 14.8 Å². The fourth-order valence-corrected chi connectivity index (χ4v) is 2.36. The highest BCUT2D eigenvalue weighted by Gasteiger charge is 2.12. The Bertz CT molecular complexity index is 685. The van der Waals surface area contributed by atoms with E-state index in [1.165, 1.54) is 24.5 Å². The van der Waals surface area contributed by atoms with Crippen molar-refractivity contribution in [1.29, 1.82) is 5.26 Å². The molecule has 1 aromatic carbocycles. The van der Waals surface area contributed by atoms with Crippen molar-refractivity contribution < 1.29 is 9.90 Å². The average molecular weight is 292 g/mol. The molecular formula is C12H6ClN3O2S. The van der Waals surface area contributed by atoms with Crippen molar-refractivity contribution >= 4 is 29.3 Å². The Morgan fingerprint density at radius 3 is 2.79 bits per heavy atom. The second kappa shape index (κ2) is 5.69. The van der Waals surface area contributed by atoms with Gasteiger partial charge in [0, 0.05) is 17.3 Å². The maximum absolute atomic E-state index is 11.0. The lowest BCUT2D eigenvalue weighted by Gasteiger charge is -2.04. The van der Waals surface area contributed by atoms with Crippen LogP contribution in [0.2, 0.25) is 5.02 Å². The van der Waals surface area contributed by atoms with E-state index in [0.29, 0.717) is 9.92 Å². The van der Waals surface area contributed by atoms with Crippen LogP contribution in [0.15, 0.2) is 40.5 Å². The highest BCUT2D eigenvalue weighted by molar-refractivity contribution is 7.99. The number of hydrogen-bond donors (Lipinski definition) is 1. The molecule has 1 N–H and O–H groups in total. The third-order valence-electron chi connectivity index (χ3n) is 2.15. The Hall–Kier alpha value is -2.10. The van der Waals surface area contributed by atoms with Gasteiger partial charge in [0.15, 0.2) is 5.69 Å². The predicted molar refractivity (Wildman–Crippen MR) is 69.3 cm³/mol. The standard InChI is InChI=1S/C12H6ClN3O2S/c13-9-2-1-7(5-8(9)12(17)18)19-11-10(6-14)15-3-4-16-11/h1-5H,(H,17,18). The summed E-state index contributed by atoms with van der Waals surface area (Å²) in [4.78, 5) is 19.5. The third kappa shape index (κ3) is 3.02. The van der Waals surface area contributed by atoms with Gasteiger partial charge in [0.2, 0.25) is 0 Å². The molecule has 2 rings (SSSR count). The van der Waals surface area contributed by atoms with E-state index in [1.54, 1.807) is 6.07 Å². The van der Waals surface area contributed by atoms with Gasteiger partial charge in [-0.05, 0) is 18.2 Å². The van der Waals surface area contributed by atoms with Gasteiger partial charge in [-0.15, -0.1) is 0 Å². The molecule has 0 unspecified atom stereocenters. The number of aromatic nitrogens is 2. The number of rotatable bonds is 3. The Morgan fingerprint density at radius 2 is 2.11 bits per heavy atom. The van der Waals surface area contributed by atoms with Crippen LogP contribution in [0.4, 0.5) is 0 Å². The first-order chi connectivity index (χ1) is 9.11. The van der Waals surface area contributed by atoms with Gasteiger partial charge in [-0.2, -0.15) is 5.26 Å².